The Morgan fingerprint density at radius 3 is 2.77 bits per heavy atom. The summed E-state index contributed by atoms with van der Waals surface area (Å²) < 4.78 is 5.33. The number of carbonyl (C=O) groups is 2. The second-order valence-corrected chi connectivity index (χ2v) is 8.69. The van der Waals surface area contributed by atoms with Gasteiger partial charge in [0.25, 0.3) is 0 Å². The number of likely N-dealkylation sites (tertiary alicyclic amines) is 1. The zero-order chi connectivity index (χ0) is 21.8. The van der Waals surface area contributed by atoms with E-state index in [9.17, 15) is 9.59 Å². The Morgan fingerprint density at radius 2 is 2.13 bits per heavy atom. The van der Waals surface area contributed by atoms with Crippen LogP contribution in [0.5, 0.6) is 0 Å². The van der Waals surface area contributed by atoms with Gasteiger partial charge in [0.1, 0.15) is 11.8 Å². The van der Waals surface area contributed by atoms with Gasteiger partial charge in [-0.05, 0) is 37.3 Å². The highest BCUT2D eigenvalue weighted by Crippen LogP contribution is 2.28. The summed E-state index contributed by atoms with van der Waals surface area (Å²) in [5, 5.41) is 6.91. The third kappa shape index (κ3) is 4.69. The predicted octanol–water partition coefficient (Wildman–Crippen LogP) is 3.91. The summed E-state index contributed by atoms with van der Waals surface area (Å²) in [5.74, 6) is -0.0165. The molecule has 0 spiro atoms. The first kappa shape index (κ1) is 21.2. The van der Waals surface area contributed by atoms with Crippen molar-refractivity contribution in [2.75, 3.05) is 6.54 Å². The van der Waals surface area contributed by atoms with Crippen LogP contribution in [0.25, 0.3) is 10.4 Å². The van der Waals surface area contributed by atoms with Crippen molar-refractivity contribution in [2.45, 2.75) is 51.6 Å². The Bertz CT molecular complexity index is 1030. The van der Waals surface area contributed by atoms with E-state index in [1.807, 2.05) is 49.8 Å². The van der Waals surface area contributed by atoms with Crippen LogP contribution >= 0.6 is 11.3 Å². The van der Waals surface area contributed by atoms with Crippen LogP contribution in [-0.2, 0) is 16.1 Å². The maximum atomic E-state index is 13.2. The van der Waals surface area contributed by atoms with Gasteiger partial charge in [0.2, 0.25) is 11.8 Å². The van der Waals surface area contributed by atoms with Crippen LogP contribution in [0.4, 0.5) is 0 Å². The summed E-state index contributed by atoms with van der Waals surface area (Å²) >= 11 is 1.59. The van der Waals surface area contributed by atoms with E-state index in [-0.39, 0.29) is 11.8 Å². The molecule has 2 amide bonds. The number of hydrogen-bond donors (Lipinski definition) is 1. The number of hydrogen-bond acceptors (Lipinski definition) is 6. The molecule has 4 rings (SSSR count). The Morgan fingerprint density at radius 1 is 1.32 bits per heavy atom. The van der Waals surface area contributed by atoms with Gasteiger partial charge in [0, 0.05) is 25.4 Å². The van der Waals surface area contributed by atoms with Gasteiger partial charge in [-0.15, -0.1) is 11.3 Å². The van der Waals surface area contributed by atoms with Crippen molar-refractivity contribution in [3.8, 4) is 10.4 Å². The monoisotopic (exact) mass is 438 g/mol. The molecule has 0 aliphatic carbocycles. The van der Waals surface area contributed by atoms with Gasteiger partial charge < -0.3 is 14.7 Å². The Kier molecular flexibility index (Phi) is 6.46. The molecule has 1 N–H and O–H groups in total. The van der Waals surface area contributed by atoms with E-state index in [0.29, 0.717) is 31.7 Å². The minimum absolute atomic E-state index is 0.0646. The zero-order valence-electron chi connectivity index (χ0n) is 17.7. The lowest BCUT2D eigenvalue weighted by Gasteiger charge is -2.27. The summed E-state index contributed by atoms with van der Waals surface area (Å²) in [4.78, 5) is 33.0. The third-order valence-electron chi connectivity index (χ3n) is 5.67. The lowest BCUT2D eigenvalue weighted by Crippen LogP contribution is -2.47. The van der Waals surface area contributed by atoms with Crippen molar-refractivity contribution in [1.29, 1.82) is 0 Å². The van der Waals surface area contributed by atoms with Crippen LogP contribution in [0, 0.1) is 6.92 Å². The molecule has 1 fully saturated rings. The van der Waals surface area contributed by atoms with Crippen LogP contribution in [-0.4, -0.2) is 39.4 Å². The summed E-state index contributed by atoms with van der Waals surface area (Å²) in [6.07, 6.45) is 3.94. The second-order valence-electron chi connectivity index (χ2n) is 7.80. The summed E-state index contributed by atoms with van der Waals surface area (Å²) in [5.41, 5.74) is 4.68. The smallest absolute Gasteiger partial charge is 0.243 e. The lowest BCUT2D eigenvalue weighted by molar-refractivity contribution is -0.140. The minimum Gasteiger partial charge on any atom is -0.360 e. The van der Waals surface area contributed by atoms with E-state index in [4.69, 9.17) is 4.52 Å². The van der Waals surface area contributed by atoms with Gasteiger partial charge in [0.15, 0.2) is 0 Å². The first-order valence-corrected chi connectivity index (χ1v) is 11.4. The van der Waals surface area contributed by atoms with Crippen LogP contribution in [0.3, 0.4) is 0 Å². The summed E-state index contributed by atoms with van der Waals surface area (Å²) in [6.45, 7) is 4.80. The number of carbonyl (C=O) groups excluding carboxylic acids is 2. The Labute approximate surface area is 185 Å². The van der Waals surface area contributed by atoms with Crippen molar-refractivity contribution in [3.63, 3.8) is 0 Å². The Balaban J connectivity index is 1.38. The van der Waals surface area contributed by atoms with Crippen LogP contribution in [0.1, 0.15) is 49.1 Å². The molecule has 1 aromatic carbocycles. The number of aryl methyl sites for hydroxylation is 1. The van der Waals surface area contributed by atoms with Crippen LogP contribution in [0.15, 0.2) is 46.6 Å². The molecule has 8 heteroatoms. The van der Waals surface area contributed by atoms with Crippen molar-refractivity contribution < 1.29 is 14.1 Å². The van der Waals surface area contributed by atoms with Gasteiger partial charge in [0.05, 0.1) is 22.0 Å². The number of amides is 2. The number of aromatic nitrogens is 2. The van der Waals surface area contributed by atoms with E-state index in [0.717, 1.165) is 28.1 Å². The molecule has 0 bridgehead atoms. The fourth-order valence-electron chi connectivity index (χ4n) is 4.00. The van der Waals surface area contributed by atoms with E-state index < -0.39 is 12.0 Å². The summed E-state index contributed by atoms with van der Waals surface area (Å²) in [7, 11) is 0. The largest absolute Gasteiger partial charge is 0.360 e. The maximum Gasteiger partial charge on any atom is 0.243 e. The molecule has 1 aliphatic rings. The zero-order valence-corrected chi connectivity index (χ0v) is 18.5. The SMILES string of the molecule is CC[C@@H](C(=O)N1CCCC1C(=O)NCc1ccc(-c2cncs2)cc1)c1cc(C)no1. The number of benzene rings is 1. The average molecular weight is 439 g/mol. The topological polar surface area (TPSA) is 88.3 Å². The van der Waals surface area contributed by atoms with Gasteiger partial charge in [-0.25, -0.2) is 0 Å². The standard InChI is InChI=1S/C23H26N4O3S/c1-3-18(20-11-15(2)26-30-20)23(29)27-10-4-5-19(27)22(28)25-12-16-6-8-17(9-7-16)21-13-24-14-31-21/h6-9,11,13-14,18-19H,3-5,10,12H2,1-2H3,(H,25,28)/t18-,19?/m1/s1. The first-order chi connectivity index (χ1) is 15.1. The van der Waals surface area contributed by atoms with E-state index in [1.165, 1.54) is 0 Å². The number of nitrogens with zero attached hydrogens (tertiary/aromatic N) is 3. The number of nitrogens with one attached hydrogen (secondary N) is 1. The van der Waals surface area contributed by atoms with Crippen molar-refractivity contribution in [1.82, 2.24) is 20.4 Å². The summed E-state index contributed by atoms with van der Waals surface area (Å²) in [6, 6.07) is 9.44. The molecule has 1 aliphatic heterocycles. The fraction of sp³-hybridized carbons (Fsp3) is 0.391. The molecule has 2 aromatic heterocycles. The van der Waals surface area contributed by atoms with Crippen molar-refractivity contribution in [3.05, 3.63) is 59.1 Å². The molecule has 3 aromatic rings. The molecular weight excluding hydrogens is 412 g/mol. The third-order valence-corrected chi connectivity index (χ3v) is 6.49. The van der Waals surface area contributed by atoms with Gasteiger partial charge in [-0.1, -0.05) is 36.3 Å². The predicted molar refractivity (Wildman–Crippen MR) is 118 cm³/mol. The maximum absolute atomic E-state index is 13.2. The number of thiazole rings is 1. The highest BCUT2D eigenvalue weighted by Gasteiger charge is 2.38. The molecule has 1 unspecified atom stereocenters. The fourth-order valence-corrected chi connectivity index (χ4v) is 4.63. The molecule has 3 heterocycles. The van der Waals surface area contributed by atoms with E-state index in [1.54, 1.807) is 22.3 Å². The normalized spacial score (nSPS) is 17.0. The van der Waals surface area contributed by atoms with E-state index >= 15 is 0 Å². The van der Waals surface area contributed by atoms with Crippen LogP contribution < -0.4 is 5.32 Å². The van der Waals surface area contributed by atoms with Gasteiger partial charge in [-0.3, -0.25) is 14.6 Å². The molecule has 7 nitrogen and oxygen atoms in total. The highest BCUT2D eigenvalue weighted by atomic mass is 32.1. The van der Waals surface area contributed by atoms with Gasteiger partial charge >= 0.3 is 0 Å². The minimum atomic E-state index is -0.443. The molecule has 1 saturated heterocycles. The molecule has 31 heavy (non-hydrogen) atoms. The molecule has 0 saturated carbocycles. The van der Waals surface area contributed by atoms with Gasteiger partial charge in [-0.2, -0.15) is 0 Å². The Hall–Kier alpha value is -3.00. The molecule has 162 valence electrons. The quantitative estimate of drug-likeness (QED) is 0.604. The molecular formula is C23H26N4O3S. The van der Waals surface area contributed by atoms with Crippen LogP contribution in [0.2, 0.25) is 0 Å². The van der Waals surface area contributed by atoms with E-state index in [2.05, 4.69) is 15.5 Å². The molecule has 0 radical (unpaired) electrons. The lowest BCUT2D eigenvalue weighted by atomic mass is 10.0. The van der Waals surface area contributed by atoms with Crippen molar-refractivity contribution >= 4 is 23.2 Å². The van der Waals surface area contributed by atoms with Crippen molar-refractivity contribution in [2.24, 2.45) is 0 Å². The number of rotatable bonds is 7. The highest BCUT2D eigenvalue weighted by molar-refractivity contribution is 7.13. The average Bonchev–Trinajstić information content (AvgIpc) is 3.55. The molecule has 2 atom stereocenters. The first-order valence-electron chi connectivity index (χ1n) is 10.6. The second kappa shape index (κ2) is 9.43.